The molecule has 112 valence electrons. The molecule has 1 atom stereocenters. The average Bonchev–Trinajstić information content (AvgIpc) is 2.42. The van der Waals surface area contributed by atoms with Crippen LogP contribution in [0.15, 0.2) is 34.8 Å². The first-order chi connectivity index (χ1) is 9.88. The van der Waals surface area contributed by atoms with E-state index in [1.165, 1.54) is 6.07 Å². The number of benzene rings is 2. The molecule has 0 fully saturated rings. The van der Waals surface area contributed by atoms with Crippen LogP contribution in [0.2, 0.25) is 10.0 Å². The van der Waals surface area contributed by atoms with Crippen LogP contribution in [0, 0.1) is 11.6 Å². The van der Waals surface area contributed by atoms with Crippen molar-refractivity contribution in [2.24, 2.45) is 0 Å². The van der Waals surface area contributed by atoms with Gasteiger partial charge in [-0.1, -0.05) is 29.3 Å². The Bertz CT molecular complexity index is 664. The van der Waals surface area contributed by atoms with Crippen LogP contribution in [0.1, 0.15) is 11.1 Å². The van der Waals surface area contributed by atoms with E-state index in [-0.39, 0.29) is 22.9 Å². The number of aliphatic hydroxyl groups is 1. The highest BCUT2D eigenvalue weighted by atomic mass is 79.9. The van der Waals surface area contributed by atoms with Crippen LogP contribution in [0.3, 0.4) is 0 Å². The zero-order valence-electron chi connectivity index (χ0n) is 10.7. The van der Waals surface area contributed by atoms with E-state index in [9.17, 15) is 13.9 Å². The summed E-state index contributed by atoms with van der Waals surface area (Å²) in [4.78, 5) is 0. The molecule has 0 bridgehead atoms. The highest BCUT2D eigenvalue weighted by Crippen LogP contribution is 2.25. The van der Waals surface area contributed by atoms with Crippen molar-refractivity contribution in [1.29, 1.82) is 0 Å². The second-order valence-electron chi connectivity index (χ2n) is 4.62. The molecule has 1 nitrogen and oxygen atoms in total. The zero-order chi connectivity index (χ0) is 15.6. The Kier molecular flexibility index (Phi) is 5.60. The minimum absolute atomic E-state index is 0.143. The molecule has 0 aliphatic rings. The quantitative estimate of drug-likeness (QED) is 0.707. The molecule has 21 heavy (non-hydrogen) atoms. The summed E-state index contributed by atoms with van der Waals surface area (Å²) in [6.07, 6.45) is -0.917. The van der Waals surface area contributed by atoms with Crippen LogP contribution in [0.25, 0.3) is 0 Å². The number of halogens is 5. The maximum atomic E-state index is 13.9. The van der Waals surface area contributed by atoms with Crippen molar-refractivity contribution in [2.45, 2.75) is 18.9 Å². The molecule has 6 heteroatoms. The lowest BCUT2D eigenvalue weighted by atomic mass is 10.0. The number of hydrogen-bond donors (Lipinski definition) is 1. The first-order valence-corrected chi connectivity index (χ1v) is 7.67. The monoisotopic (exact) mass is 394 g/mol. The molecule has 0 aliphatic carbocycles. The lowest BCUT2D eigenvalue weighted by Crippen LogP contribution is -2.16. The van der Waals surface area contributed by atoms with Crippen LogP contribution >= 0.6 is 39.1 Å². The first-order valence-electron chi connectivity index (χ1n) is 6.13. The van der Waals surface area contributed by atoms with Gasteiger partial charge < -0.3 is 5.11 Å². The van der Waals surface area contributed by atoms with Crippen molar-refractivity contribution in [3.63, 3.8) is 0 Å². The van der Waals surface area contributed by atoms with Gasteiger partial charge in [-0.2, -0.15) is 0 Å². The topological polar surface area (TPSA) is 20.2 Å². The van der Waals surface area contributed by atoms with Gasteiger partial charge in [0.15, 0.2) is 0 Å². The fourth-order valence-corrected chi connectivity index (χ4v) is 2.86. The molecule has 0 aliphatic heterocycles. The van der Waals surface area contributed by atoms with E-state index in [1.807, 2.05) is 0 Å². The molecule has 0 amide bonds. The maximum absolute atomic E-state index is 13.9. The van der Waals surface area contributed by atoms with Crippen molar-refractivity contribution < 1.29 is 13.9 Å². The second-order valence-corrected chi connectivity index (χ2v) is 6.32. The average molecular weight is 396 g/mol. The van der Waals surface area contributed by atoms with Gasteiger partial charge in [0.25, 0.3) is 0 Å². The van der Waals surface area contributed by atoms with E-state index in [4.69, 9.17) is 23.2 Å². The summed E-state index contributed by atoms with van der Waals surface area (Å²) in [5, 5.41) is 11.0. The van der Waals surface area contributed by atoms with Gasteiger partial charge in [-0.25, -0.2) is 8.78 Å². The normalized spacial score (nSPS) is 12.5. The predicted octanol–water partition coefficient (Wildman–Crippen LogP) is 5.18. The molecule has 0 aromatic heterocycles. The van der Waals surface area contributed by atoms with Crippen LogP contribution in [-0.4, -0.2) is 11.2 Å². The van der Waals surface area contributed by atoms with Gasteiger partial charge in [0, 0.05) is 28.5 Å². The summed E-state index contributed by atoms with van der Waals surface area (Å²) in [7, 11) is 0. The molecular formula is C15H11BrCl2F2O. The van der Waals surface area contributed by atoms with Gasteiger partial charge in [0.05, 0.1) is 10.6 Å². The first kappa shape index (κ1) is 16.7. The highest BCUT2D eigenvalue weighted by Gasteiger charge is 2.17. The standard InChI is InChI=1S/C15H11BrCl2F2O/c16-12-3-4-14(19)11(15(12)20)7-10(21)5-8-1-2-9(17)6-13(8)18/h1-4,6,10,21H,5,7H2. The number of rotatable bonds is 4. The summed E-state index contributed by atoms with van der Waals surface area (Å²) < 4.78 is 27.7. The summed E-state index contributed by atoms with van der Waals surface area (Å²) in [6.45, 7) is 0. The van der Waals surface area contributed by atoms with Crippen molar-refractivity contribution >= 4 is 39.1 Å². The molecule has 1 N–H and O–H groups in total. The van der Waals surface area contributed by atoms with Gasteiger partial charge in [-0.05, 0) is 45.8 Å². The smallest absolute Gasteiger partial charge is 0.143 e. The summed E-state index contributed by atoms with van der Waals surface area (Å²) >= 11 is 14.8. The predicted molar refractivity (Wildman–Crippen MR) is 83.9 cm³/mol. The second kappa shape index (κ2) is 7.05. The molecule has 0 spiro atoms. The molecule has 2 rings (SSSR count). The highest BCUT2D eigenvalue weighted by molar-refractivity contribution is 9.10. The van der Waals surface area contributed by atoms with E-state index in [1.54, 1.807) is 18.2 Å². The molecule has 0 saturated carbocycles. The van der Waals surface area contributed by atoms with Gasteiger partial charge in [-0.15, -0.1) is 0 Å². The van der Waals surface area contributed by atoms with Crippen LogP contribution in [0.5, 0.6) is 0 Å². The van der Waals surface area contributed by atoms with E-state index < -0.39 is 17.7 Å². The third kappa shape index (κ3) is 4.16. The third-order valence-corrected chi connectivity index (χ3v) is 4.25. The minimum Gasteiger partial charge on any atom is -0.392 e. The molecule has 1 unspecified atom stereocenters. The number of hydrogen-bond acceptors (Lipinski definition) is 1. The summed E-state index contributed by atoms with van der Waals surface area (Å²) in [5.41, 5.74) is 0.520. The maximum Gasteiger partial charge on any atom is 0.143 e. The lowest BCUT2D eigenvalue weighted by Gasteiger charge is -2.14. The van der Waals surface area contributed by atoms with Crippen molar-refractivity contribution in [3.05, 3.63) is 67.6 Å². The Balaban J connectivity index is 2.15. The molecule has 0 radical (unpaired) electrons. The Morgan fingerprint density at radius 2 is 1.81 bits per heavy atom. The number of aliphatic hydroxyl groups excluding tert-OH is 1. The van der Waals surface area contributed by atoms with Crippen molar-refractivity contribution in [3.8, 4) is 0 Å². The van der Waals surface area contributed by atoms with Gasteiger partial charge >= 0.3 is 0 Å². The van der Waals surface area contributed by atoms with Gasteiger partial charge in [0.2, 0.25) is 0 Å². The third-order valence-electron chi connectivity index (χ3n) is 3.05. The van der Waals surface area contributed by atoms with Crippen LogP contribution < -0.4 is 0 Å². The largest absolute Gasteiger partial charge is 0.392 e. The Morgan fingerprint density at radius 1 is 1.10 bits per heavy atom. The van der Waals surface area contributed by atoms with Gasteiger partial charge in [0.1, 0.15) is 11.6 Å². The fourth-order valence-electron chi connectivity index (χ4n) is 2.01. The lowest BCUT2D eigenvalue weighted by molar-refractivity contribution is 0.172. The zero-order valence-corrected chi connectivity index (χ0v) is 13.8. The van der Waals surface area contributed by atoms with E-state index >= 15 is 0 Å². The Hall–Kier alpha value is -0.680. The molecule has 0 heterocycles. The summed E-state index contributed by atoms with van der Waals surface area (Å²) in [6, 6.07) is 7.34. The van der Waals surface area contributed by atoms with E-state index in [0.717, 1.165) is 6.07 Å². The minimum atomic E-state index is -0.957. The SMILES string of the molecule is OC(Cc1ccc(Cl)cc1Cl)Cc1c(F)ccc(Br)c1F. The van der Waals surface area contributed by atoms with E-state index in [0.29, 0.717) is 15.6 Å². The van der Waals surface area contributed by atoms with Crippen molar-refractivity contribution in [1.82, 2.24) is 0 Å². The van der Waals surface area contributed by atoms with Crippen molar-refractivity contribution in [2.75, 3.05) is 0 Å². The van der Waals surface area contributed by atoms with Crippen LogP contribution in [-0.2, 0) is 12.8 Å². The summed E-state index contributed by atoms with van der Waals surface area (Å²) in [5.74, 6) is -1.38. The van der Waals surface area contributed by atoms with Crippen LogP contribution in [0.4, 0.5) is 8.78 Å². The molecular weight excluding hydrogens is 385 g/mol. The fraction of sp³-hybridized carbons (Fsp3) is 0.200. The Morgan fingerprint density at radius 3 is 2.48 bits per heavy atom. The molecule has 0 saturated heterocycles. The molecule has 2 aromatic carbocycles. The van der Waals surface area contributed by atoms with E-state index in [2.05, 4.69) is 15.9 Å². The molecule has 2 aromatic rings. The van der Waals surface area contributed by atoms with Gasteiger partial charge in [-0.3, -0.25) is 0 Å². The Labute approximate surface area is 139 Å².